The number of carboxylic acids is 2. The van der Waals surface area contributed by atoms with Crippen LogP contribution in [0.5, 0.6) is 11.5 Å². The molecule has 0 fully saturated rings. The van der Waals surface area contributed by atoms with Gasteiger partial charge in [-0.3, -0.25) is 0 Å². The second-order valence-electron chi connectivity index (χ2n) is 7.54. The Morgan fingerprint density at radius 3 is 1.29 bits per heavy atom. The first-order valence-corrected chi connectivity index (χ1v) is 10.1. The number of furan rings is 2. The van der Waals surface area contributed by atoms with E-state index in [1.165, 1.54) is 24.3 Å². The van der Waals surface area contributed by atoms with Gasteiger partial charge in [0.25, 0.3) is 0 Å². The Labute approximate surface area is 215 Å². The van der Waals surface area contributed by atoms with Crippen LogP contribution in [0.3, 0.4) is 0 Å². The first-order chi connectivity index (χ1) is 16.3. The topological polar surface area (TPSA) is 141 Å². The molecule has 8 nitrogen and oxygen atoms in total. The van der Waals surface area contributed by atoms with Gasteiger partial charge in [-0.2, -0.15) is 0 Å². The molecule has 2 heterocycles. The molecule has 0 bridgehead atoms. The fourth-order valence-electron chi connectivity index (χ4n) is 3.86. The number of phenols is 2. The van der Waals surface area contributed by atoms with Crippen molar-refractivity contribution in [1.29, 1.82) is 0 Å². The number of aromatic hydroxyl groups is 2. The molecule has 0 spiro atoms. The van der Waals surface area contributed by atoms with Gasteiger partial charge in [-0.15, -0.1) is 0 Å². The van der Waals surface area contributed by atoms with Gasteiger partial charge in [-0.25, -0.2) is 9.59 Å². The van der Waals surface area contributed by atoms with Crippen LogP contribution in [0.2, 0.25) is 0 Å². The Balaban J connectivity index is 0.000000160. The van der Waals surface area contributed by atoms with E-state index in [0.29, 0.717) is 33.1 Å². The third kappa shape index (κ3) is 4.26. The summed E-state index contributed by atoms with van der Waals surface area (Å²) in [6.07, 6.45) is 0. The van der Waals surface area contributed by atoms with Crippen molar-refractivity contribution in [3.05, 3.63) is 83.9 Å². The normalized spacial score (nSPS) is 10.7. The van der Waals surface area contributed by atoms with Crippen molar-refractivity contribution in [2.75, 3.05) is 0 Å². The maximum absolute atomic E-state index is 10.9. The van der Waals surface area contributed by atoms with Crippen molar-refractivity contribution in [2.24, 2.45) is 0 Å². The van der Waals surface area contributed by atoms with E-state index in [1.807, 2.05) is 36.4 Å². The Hall–Kier alpha value is -4.10. The summed E-state index contributed by atoms with van der Waals surface area (Å²) in [7, 11) is 0. The number of benzene rings is 4. The number of carboxylic acid groups (broad SMARTS) is 2. The van der Waals surface area contributed by atoms with E-state index in [0.717, 1.165) is 10.8 Å². The number of hydrogen-bond acceptors (Lipinski definition) is 6. The summed E-state index contributed by atoms with van der Waals surface area (Å²) in [5, 5.41) is 40.1. The molecule has 6 rings (SSSR count). The molecular formula is C26H16O8Zr. The van der Waals surface area contributed by atoms with Crippen LogP contribution in [-0.2, 0) is 26.2 Å². The van der Waals surface area contributed by atoms with Crippen LogP contribution >= 0.6 is 0 Å². The molecule has 9 heteroatoms. The molecule has 0 radical (unpaired) electrons. The molecule has 2 aromatic heterocycles. The minimum Gasteiger partial charge on any atom is -0.507 e. The van der Waals surface area contributed by atoms with E-state index >= 15 is 0 Å². The maximum Gasteiger partial charge on any atom is 0.339 e. The molecule has 0 atom stereocenters. The van der Waals surface area contributed by atoms with Crippen molar-refractivity contribution in [3.63, 3.8) is 0 Å². The number of carbonyl (C=O) groups is 2. The second-order valence-corrected chi connectivity index (χ2v) is 7.54. The van der Waals surface area contributed by atoms with Gasteiger partial charge in [0.05, 0.1) is 0 Å². The molecule has 4 N–H and O–H groups in total. The van der Waals surface area contributed by atoms with E-state index in [2.05, 4.69) is 0 Å². The summed E-state index contributed by atoms with van der Waals surface area (Å²) in [5.41, 5.74) is 2.06. The van der Waals surface area contributed by atoms with E-state index in [-0.39, 0.29) is 48.8 Å². The third-order valence-electron chi connectivity index (χ3n) is 5.45. The monoisotopic (exact) mass is 546 g/mol. The van der Waals surface area contributed by atoms with Crippen molar-refractivity contribution in [3.8, 4) is 11.5 Å². The molecule has 0 aliphatic heterocycles. The summed E-state index contributed by atoms with van der Waals surface area (Å²) in [6, 6.07) is 20.2. The summed E-state index contributed by atoms with van der Waals surface area (Å²) < 4.78 is 11.0. The number of aromatic carboxylic acids is 2. The Morgan fingerprint density at radius 2 is 0.914 bits per heavy atom. The number of para-hydroxylation sites is 2. The summed E-state index contributed by atoms with van der Waals surface area (Å²) in [6.45, 7) is 0. The molecule has 0 saturated carbocycles. The fourth-order valence-corrected chi connectivity index (χ4v) is 3.86. The smallest absolute Gasteiger partial charge is 0.339 e. The average Bonchev–Trinajstić information content (AvgIpc) is 3.34. The molecule has 0 amide bonds. The second kappa shape index (κ2) is 9.27. The van der Waals surface area contributed by atoms with Gasteiger partial charge >= 0.3 is 11.9 Å². The third-order valence-corrected chi connectivity index (χ3v) is 5.45. The number of hydrogen-bond donors (Lipinski definition) is 4. The number of fused-ring (bicyclic) bond motifs is 6. The predicted molar refractivity (Wildman–Crippen MR) is 125 cm³/mol. The van der Waals surface area contributed by atoms with Gasteiger partial charge in [-0.1, -0.05) is 36.4 Å². The Kier molecular flexibility index (Phi) is 6.37. The van der Waals surface area contributed by atoms with Gasteiger partial charge in [0.1, 0.15) is 45.0 Å². The summed E-state index contributed by atoms with van der Waals surface area (Å²) >= 11 is 0. The molecule has 35 heavy (non-hydrogen) atoms. The molecule has 0 saturated heterocycles. The first-order valence-electron chi connectivity index (χ1n) is 10.1. The van der Waals surface area contributed by atoms with E-state index in [1.54, 1.807) is 12.1 Å². The van der Waals surface area contributed by atoms with Gasteiger partial charge in [0.2, 0.25) is 0 Å². The molecule has 6 aromatic rings. The standard InChI is InChI=1S/2C13H8O4.Zr/c2*14-10-6-12-8(5-9(10)13(15)16)7-3-1-2-4-11(7)17-12;/h2*1-6,14H,(H,15,16);. The van der Waals surface area contributed by atoms with Crippen LogP contribution < -0.4 is 0 Å². The van der Waals surface area contributed by atoms with Gasteiger partial charge in [0.15, 0.2) is 0 Å². The molecule has 0 aliphatic rings. The van der Waals surface area contributed by atoms with Crippen molar-refractivity contribution in [2.45, 2.75) is 0 Å². The van der Waals surface area contributed by atoms with Crippen molar-refractivity contribution in [1.82, 2.24) is 0 Å². The predicted octanol–water partition coefficient (Wildman–Crippen LogP) is 5.98. The van der Waals surface area contributed by atoms with Gasteiger partial charge in [0, 0.05) is 59.9 Å². The van der Waals surface area contributed by atoms with Crippen LogP contribution in [-0.4, -0.2) is 32.4 Å². The zero-order valence-corrected chi connectivity index (χ0v) is 20.3. The Bertz CT molecular complexity index is 1620. The number of rotatable bonds is 2. The van der Waals surface area contributed by atoms with Gasteiger partial charge < -0.3 is 29.3 Å². The molecular weight excluding hydrogens is 532 g/mol. The largest absolute Gasteiger partial charge is 0.507 e. The SMILES string of the molecule is O=C(O)c1cc2c(cc1O)oc1ccccc12.O=C(O)c1cc2c(cc1O)oc1ccccc12.[Zr]. The molecule has 4 aromatic carbocycles. The van der Waals surface area contributed by atoms with E-state index < -0.39 is 11.9 Å². The summed E-state index contributed by atoms with van der Waals surface area (Å²) in [4.78, 5) is 21.9. The summed E-state index contributed by atoms with van der Waals surface area (Å²) in [5.74, 6) is -2.89. The van der Waals surface area contributed by atoms with Crippen LogP contribution in [0, 0.1) is 0 Å². The minimum absolute atomic E-state index is 0. The zero-order chi connectivity index (χ0) is 24.0. The zero-order valence-electron chi connectivity index (χ0n) is 17.9. The quantitative estimate of drug-likeness (QED) is 0.208. The Morgan fingerprint density at radius 1 is 0.543 bits per heavy atom. The van der Waals surface area contributed by atoms with Crippen LogP contribution in [0.15, 0.2) is 81.6 Å². The van der Waals surface area contributed by atoms with Crippen LogP contribution in [0.4, 0.5) is 0 Å². The van der Waals surface area contributed by atoms with Crippen LogP contribution in [0.1, 0.15) is 20.7 Å². The average molecular weight is 548 g/mol. The molecule has 0 aliphatic carbocycles. The van der Waals surface area contributed by atoms with Crippen molar-refractivity contribution >= 4 is 55.8 Å². The molecule has 0 unspecified atom stereocenters. The minimum atomic E-state index is -1.16. The van der Waals surface area contributed by atoms with E-state index in [9.17, 15) is 19.8 Å². The molecule has 172 valence electrons. The van der Waals surface area contributed by atoms with E-state index in [4.69, 9.17) is 19.0 Å². The van der Waals surface area contributed by atoms with Gasteiger partial charge in [-0.05, 0) is 24.3 Å². The first kappa shape index (κ1) is 24.0. The van der Waals surface area contributed by atoms with Crippen LogP contribution in [0.25, 0.3) is 43.9 Å². The fraction of sp³-hybridized carbons (Fsp3) is 0. The van der Waals surface area contributed by atoms with Crippen molar-refractivity contribution < 1.29 is 65.1 Å². The maximum atomic E-state index is 10.9.